The Kier molecular flexibility index (Phi) is 7.85. The van der Waals surface area contributed by atoms with E-state index in [1.807, 2.05) is 0 Å². The average Bonchev–Trinajstić information content (AvgIpc) is 3.08. The highest BCUT2D eigenvalue weighted by atomic mass is 17.1. The lowest BCUT2D eigenvalue weighted by Crippen LogP contribution is -2.34. The molecule has 146 valence electrons. The summed E-state index contributed by atoms with van der Waals surface area (Å²) in [5.41, 5.74) is 0. The number of carbonyl (C=O) groups excluding carboxylic acids is 1. The van der Waals surface area contributed by atoms with Crippen molar-refractivity contribution in [2.45, 2.75) is 49.8 Å². The van der Waals surface area contributed by atoms with Crippen molar-refractivity contribution in [1.29, 1.82) is 0 Å². The van der Waals surface area contributed by atoms with E-state index in [9.17, 15) is 9.90 Å². The summed E-state index contributed by atoms with van der Waals surface area (Å²) in [6, 6.07) is 0. The number of hydrogen-bond acceptors (Lipinski definition) is 13. The predicted molar refractivity (Wildman–Crippen MR) is 70.9 cm³/mol. The largest absolute Gasteiger partial charge is 0.457 e. The van der Waals surface area contributed by atoms with E-state index >= 15 is 0 Å². The van der Waals surface area contributed by atoms with Crippen molar-refractivity contribution in [2.24, 2.45) is 0 Å². The molecule has 0 saturated carbocycles. The van der Waals surface area contributed by atoms with Gasteiger partial charge in [-0.3, -0.25) is 25.6 Å². The fourth-order valence-electron chi connectivity index (χ4n) is 2.70. The Hall–Kier alpha value is -0.970. The van der Waals surface area contributed by atoms with Crippen LogP contribution >= 0.6 is 0 Å². The summed E-state index contributed by atoms with van der Waals surface area (Å²) in [5.74, 6) is -0.519. The summed E-state index contributed by atoms with van der Waals surface area (Å²) < 4.78 is 15.9. The van der Waals surface area contributed by atoms with Crippen molar-refractivity contribution in [3.05, 3.63) is 0 Å². The van der Waals surface area contributed by atoms with Gasteiger partial charge in [0.1, 0.15) is 31.0 Å². The van der Waals surface area contributed by atoms with E-state index in [1.54, 1.807) is 0 Å². The summed E-state index contributed by atoms with van der Waals surface area (Å²) >= 11 is 0. The third kappa shape index (κ3) is 6.36. The molecule has 2 heterocycles. The maximum atomic E-state index is 11.9. The number of fused-ring (bicyclic) bond motifs is 1. The van der Waals surface area contributed by atoms with Crippen LogP contribution in [0.3, 0.4) is 0 Å². The smallest absolute Gasteiger partial charge is 0.306 e. The van der Waals surface area contributed by atoms with Gasteiger partial charge < -0.3 is 19.3 Å². The molecule has 5 atom stereocenters. The molecule has 13 heteroatoms. The minimum Gasteiger partial charge on any atom is -0.457 e. The molecule has 25 heavy (non-hydrogen) atoms. The van der Waals surface area contributed by atoms with Gasteiger partial charge in [0.05, 0.1) is 24.0 Å². The van der Waals surface area contributed by atoms with Crippen LogP contribution in [0.1, 0.15) is 19.3 Å². The first-order valence-corrected chi connectivity index (χ1v) is 7.63. The van der Waals surface area contributed by atoms with Gasteiger partial charge in [0.15, 0.2) is 6.10 Å². The van der Waals surface area contributed by atoms with Crippen LogP contribution in [-0.2, 0) is 28.7 Å². The molecule has 0 amide bonds. The number of rotatable bonds is 10. The van der Waals surface area contributed by atoms with Crippen LogP contribution in [-0.4, -0.2) is 93.0 Å². The fraction of sp³-hybridized carbons (Fsp3) is 0.917. The zero-order valence-corrected chi connectivity index (χ0v) is 13.2. The zero-order chi connectivity index (χ0) is 18.4. The Labute approximate surface area is 142 Å². The van der Waals surface area contributed by atoms with E-state index in [2.05, 4.69) is 9.68 Å². The molecular weight excluding hydrogens is 348 g/mol. The predicted octanol–water partition coefficient (Wildman–Crippen LogP) is -1.38. The lowest BCUT2D eigenvalue weighted by Gasteiger charge is -2.19. The van der Waals surface area contributed by atoms with E-state index in [4.69, 9.17) is 35.0 Å². The Morgan fingerprint density at radius 2 is 1.84 bits per heavy atom. The first-order chi connectivity index (χ1) is 11.9. The molecule has 2 aliphatic heterocycles. The maximum absolute atomic E-state index is 11.9. The van der Waals surface area contributed by atoms with E-state index in [0.29, 0.717) is 0 Å². The molecule has 2 saturated heterocycles. The summed E-state index contributed by atoms with van der Waals surface area (Å²) in [4.78, 5) is 20.7. The number of hydrogen-bond donors (Lipinski definition) is 5. The van der Waals surface area contributed by atoms with Crippen LogP contribution in [0.25, 0.3) is 0 Å². The van der Waals surface area contributed by atoms with Gasteiger partial charge in [-0.15, -0.1) is 0 Å². The maximum Gasteiger partial charge on any atom is 0.306 e. The third-order valence-electron chi connectivity index (χ3n) is 3.79. The van der Waals surface area contributed by atoms with Crippen molar-refractivity contribution < 1.29 is 54.6 Å². The average molecular weight is 370 g/mol. The molecular formula is C12H22N2O11. The van der Waals surface area contributed by atoms with Crippen LogP contribution in [0.2, 0.25) is 0 Å². The molecule has 0 unspecified atom stereocenters. The molecule has 0 aromatic carbocycles. The monoisotopic (exact) mass is 370 g/mol. The molecule has 2 fully saturated rings. The van der Waals surface area contributed by atoms with Gasteiger partial charge in [-0.05, 0) is 12.8 Å². The van der Waals surface area contributed by atoms with Crippen molar-refractivity contribution >= 4 is 5.97 Å². The highest BCUT2D eigenvalue weighted by Gasteiger charge is 2.48. The standard InChI is InChI=1S/C12H22N2O11/c15-8-5-21-12-9(6-22-11(8)12)24-10(16)3-1-2-7(25-14(19)20)4-23-13(17)18/h7-9,11-12,15,17-20H,1-6H2/t7-,8-,9-,11-,12-/m1/s1. The minimum absolute atomic E-state index is 0.00484. The van der Waals surface area contributed by atoms with Gasteiger partial charge in [0, 0.05) is 6.42 Å². The summed E-state index contributed by atoms with van der Waals surface area (Å²) in [5, 5.41) is 42.7. The molecule has 0 aromatic rings. The summed E-state index contributed by atoms with van der Waals surface area (Å²) in [6.45, 7) is -0.135. The minimum atomic E-state index is -0.961. The Morgan fingerprint density at radius 3 is 2.52 bits per heavy atom. The molecule has 2 rings (SSSR count). The highest BCUT2D eigenvalue weighted by molar-refractivity contribution is 5.69. The van der Waals surface area contributed by atoms with Crippen molar-refractivity contribution in [1.82, 2.24) is 10.8 Å². The van der Waals surface area contributed by atoms with Crippen LogP contribution < -0.4 is 0 Å². The molecule has 0 aliphatic carbocycles. The fourth-order valence-corrected chi connectivity index (χ4v) is 2.70. The van der Waals surface area contributed by atoms with Gasteiger partial charge in [-0.1, -0.05) is 0 Å². The van der Waals surface area contributed by atoms with E-state index in [0.717, 1.165) is 0 Å². The molecule has 0 aromatic heterocycles. The van der Waals surface area contributed by atoms with Crippen molar-refractivity contribution in [2.75, 3.05) is 19.8 Å². The first-order valence-electron chi connectivity index (χ1n) is 7.63. The second-order valence-electron chi connectivity index (χ2n) is 5.61. The number of nitrogens with zero attached hydrogens (tertiary/aromatic N) is 2. The second kappa shape index (κ2) is 9.65. The van der Waals surface area contributed by atoms with Gasteiger partial charge in [-0.25, -0.2) is 9.68 Å². The second-order valence-corrected chi connectivity index (χ2v) is 5.61. The Morgan fingerprint density at radius 1 is 1.12 bits per heavy atom. The molecule has 0 bridgehead atoms. The number of ether oxygens (including phenoxy) is 3. The van der Waals surface area contributed by atoms with Gasteiger partial charge in [0.25, 0.3) is 0 Å². The van der Waals surface area contributed by atoms with Crippen LogP contribution in [0.15, 0.2) is 0 Å². The van der Waals surface area contributed by atoms with E-state index in [1.165, 1.54) is 0 Å². The quantitative estimate of drug-likeness (QED) is 0.225. The van der Waals surface area contributed by atoms with Gasteiger partial charge >= 0.3 is 5.97 Å². The molecule has 5 N–H and O–H groups in total. The lowest BCUT2D eigenvalue weighted by atomic mass is 10.1. The number of aliphatic hydroxyl groups excluding tert-OH is 1. The van der Waals surface area contributed by atoms with E-state index < -0.39 is 53.9 Å². The topological polar surface area (TPSA) is 171 Å². The number of carbonyl (C=O) groups is 1. The van der Waals surface area contributed by atoms with Gasteiger partial charge in [-0.2, -0.15) is 0 Å². The van der Waals surface area contributed by atoms with Crippen LogP contribution in [0, 0.1) is 0 Å². The normalized spacial score (nSPS) is 30.0. The molecule has 13 nitrogen and oxygen atoms in total. The van der Waals surface area contributed by atoms with Crippen molar-refractivity contribution in [3.8, 4) is 0 Å². The molecule has 0 spiro atoms. The highest BCUT2D eigenvalue weighted by Crippen LogP contribution is 2.29. The third-order valence-corrected chi connectivity index (χ3v) is 3.79. The molecule has 2 aliphatic rings. The first kappa shape index (κ1) is 20.3. The Bertz CT molecular complexity index is 424. The van der Waals surface area contributed by atoms with Gasteiger partial charge in [0.2, 0.25) is 0 Å². The lowest BCUT2D eigenvalue weighted by molar-refractivity contribution is -0.527. The Balaban J connectivity index is 1.68. The summed E-state index contributed by atoms with van der Waals surface area (Å²) in [6.07, 6.45) is -2.90. The zero-order valence-electron chi connectivity index (χ0n) is 13.2. The number of esters is 1. The summed E-state index contributed by atoms with van der Waals surface area (Å²) in [7, 11) is 0. The molecule has 0 radical (unpaired) electrons. The van der Waals surface area contributed by atoms with Crippen LogP contribution in [0.4, 0.5) is 0 Å². The van der Waals surface area contributed by atoms with Crippen molar-refractivity contribution in [3.63, 3.8) is 0 Å². The van der Waals surface area contributed by atoms with E-state index in [-0.39, 0.29) is 32.5 Å². The SMILES string of the molecule is O=C(CCC[C@H](CON(O)O)ON(O)O)O[C@@H]1CO[C@H]2[C@@H]1OC[C@H]2O. The van der Waals surface area contributed by atoms with Crippen LogP contribution in [0.5, 0.6) is 0 Å². The number of aliphatic hydroxyl groups is 1.